The minimum atomic E-state index is -0.154. The van der Waals surface area contributed by atoms with E-state index in [0.717, 1.165) is 35.5 Å². The molecule has 2 aromatic carbocycles. The van der Waals surface area contributed by atoms with Gasteiger partial charge in [0.25, 0.3) is 0 Å². The summed E-state index contributed by atoms with van der Waals surface area (Å²) < 4.78 is 0. The summed E-state index contributed by atoms with van der Waals surface area (Å²) in [5, 5.41) is 12.5. The monoisotopic (exact) mass is 419 g/mol. The summed E-state index contributed by atoms with van der Waals surface area (Å²) in [6.45, 7) is 1.95. The maximum Gasteiger partial charge on any atom is 0.323 e. The molecule has 8 heteroatoms. The number of rotatable bonds is 3. The second-order valence-electron chi connectivity index (χ2n) is 7.73. The van der Waals surface area contributed by atoms with Crippen LogP contribution in [-0.2, 0) is 10.2 Å². The van der Waals surface area contributed by atoms with E-state index in [9.17, 15) is 9.59 Å². The number of hydrogen-bond acceptors (Lipinski definition) is 5. The summed E-state index contributed by atoms with van der Waals surface area (Å²) in [5.41, 5.74) is 3.12. The molecule has 152 valence electrons. The summed E-state index contributed by atoms with van der Waals surface area (Å²) in [6.07, 6.45) is 2.56. The molecule has 0 radical (unpaired) electrons. The molecule has 0 aliphatic carbocycles. The van der Waals surface area contributed by atoms with Crippen LogP contribution < -0.4 is 10.2 Å². The first-order chi connectivity index (χ1) is 14.7. The van der Waals surface area contributed by atoms with Crippen molar-refractivity contribution in [3.8, 4) is 10.6 Å². The highest BCUT2D eigenvalue weighted by atomic mass is 32.1. The number of anilines is 2. The second-order valence-corrected chi connectivity index (χ2v) is 8.70. The van der Waals surface area contributed by atoms with Crippen LogP contribution in [0, 0.1) is 0 Å². The number of aromatic nitrogens is 2. The van der Waals surface area contributed by atoms with Crippen LogP contribution in [0.1, 0.15) is 18.4 Å². The number of likely N-dealkylation sites (tertiary alicyclic amines) is 1. The number of nitrogens with zero attached hydrogens (tertiary/aromatic N) is 4. The standard InChI is InChI=1S/C22H21N5O2S/c28-15-27-14-22(17-8-4-5-9-18(17)27)10-12-26(13-11-22)21(29)23-20-25-24-19(30-20)16-6-2-1-3-7-16/h1-9,15H,10-14H2,(H,23,25,29). The van der Waals surface area contributed by atoms with Crippen molar-refractivity contribution < 1.29 is 9.59 Å². The van der Waals surface area contributed by atoms with Crippen LogP contribution in [0.5, 0.6) is 0 Å². The van der Waals surface area contributed by atoms with Gasteiger partial charge in [-0.05, 0) is 24.5 Å². The van der Waals surface area contributed by atoms with E-state index in [1.54, 1.807) is 4.90 Å². The smallest absolute Gasteiger partial charge is 0.323 e. The van der Waals surface area contributed by atoms with E-state index < -0.39 is 0 Å². The molecule has 0 atom stereocenters. The van der Waals surface area contributed by atoms with Crippen LogP contribution in [0.2, 0.25) is 0 Å². The summed E-state index contributed by atoms with van der Waals surface area (Å²) in [4.78, 5) is 27.9. The van der Waals surface area contributed by atoms with Gasteiger partial charge in [0.05, 0.1) is 0 Å². The fraction of sp³-hybridized carbons (Fsp3) is 0.273. The van der Waals surface area contributed by atoms with Crippen molar-refractivity contribution in [1.29, 1.82) is 0 Å². The third-order valence-electron chi connectivity index (χ3n) is 6.05. The molecule has 0 unspecified atom stereocenters. The van der Waals surface area contributed by atoms with Crippen LogP contribution >= 0.6 is 11.3 Å². The van der Waals surface area contributed by atoms with E-state index in [1.165, 1.54) is 16.9 Å². The Kier molecular flexibility index (Phi) is 4.71. The molecule has 3 heterocycles. The van der Waals surface area contributed by atoms with E-state index >= 15 is 0 Å². The van der Waals surface area contributed by atoms with Crippen LogP contribution in [-0.4, -0.2) is 47.2 Å². The summed E-state index contributed by atoms with van der Waals surface area (Å²) >= 11 is 1.36. The second kappa shape index (κ2) is 7.53. The first kappa shape index (κ1) is 18.7. The van der Waals surface area contributed by atoms with Gasteiger partial charge in [-0.25, -0.2) is 4.79 Å². The zero-order valence-corrected chi connectivity index (χ0v) is 17.1. The third kappa shape index (κ3) is 3.23. The molecule has 30 heavy (non-hydrogen) atoms. The summed E-state index contributed by atoms with van der Waals surface area (Å²) in [5.74, 6) is 0. The molecular weight excluding hydrogens is 398 g/mol. The molecule has 1 aromatic heterocycles. The van der Waals surface area contributed by atoms with Gasteiger partial charge in [0, 0.05) is 36.3 Å². The Balaban J connectivity index is 1.25. The maximum atomic E-state index is 12.8. The van der Waals surface area contributed by atoms with Crippen molar-refractivity contribution in [3.63, 3.8) is 0 Å². The maximum absolute atomic E-state index is 12.8. The number of urea groups is 1. The number of carbonyl (C=O) groups is 2. The quantitative estimate of drug-likeness (QED) is 0.656. The zero-order chi connectivity index (χ0) is 20.6. The van der Waals surface area contributed by atoms with Gasteiger partial charge in [-0.2, -0.15) is 0 Å². The number of nitrogens with one attached hydrogen (secondary N) is 1. The van der Waals surface area contributed by atoms with Crippen molar-refractivity contribution in [1.82, 2.24) is 15.1 Å². The van der Waals surface area contributed by atoms with Crippen molar-refractivity contribution >= 4 is 34.6 Å². The van der Waals surface area contributed by atoms with Crippen LogP contribution in [0.15, 0.2) is 54.6 Å². The lowest BCUT2D eigenvalue weighted by atomic mass is 9.74. The van der Waals surface area contributed by atoms with Crippen LogP contribution in [0.4, 0.5) is 15.6 Å². The Hall–Kier alpha value is -3.26. The van der Waals surface area contributed by atoms with Gasteiger partial charge in [0.2, 0.25) is 11.5 Å². The average Bonchev–Trinajstić information content (AvgIpc) is 3.38. The molecule has 3 aromatic rings. The number of amides is 3. The van der Waals surface area contributed by atoms with E-state index in [1.807, 2.05) is 53.4 Å². The number of para-hydroxylation sites is 1. The summed E-state index contributed by atoms with van der Waals surface area (Å²) in [6, 6.07) is 17.7. The molecule has 2 aliphatic rings. The molecule has 7 nitrogen and oxygen atoms in total. The highest BCUT2D eigenvalue weighted by molar-refractivity contribution is 7.18. The summed E-state index contributed by atoms with van der Waals surface area (Å²) in [7, 11) is 0. The van der Waals surface area contributed by atoms with E-state index in [0.29, 0.717) is 24.8 Å². The molecule has 2 aliphatic heterocycles. The van der Waals surface area contributed by atoms with Gasteiger partial charge in [-0.1, -0.05) is 59.9 Å². The van der Waals surface area contributed by atoms with Crippen molar-refractivity contribution in [2.75, 3.05) is 29.9 Å². The number of benzene rings is 2. The molecule has 1 saturated heterocycles. The predicted octanol–water partition coefficient (Wildman–Crippen LogP) is 3.75. The zero-order valence-electron chi connectivity index (χ0n) is 16.3. The third-order valence-corrected chi connectivity index (χ3v) is 6.94. The Morgan fingerprint density at radius 2 is 1.77 bits per heavy atom. The van der Waals surface area contributed by atoms with Gasteiger partial charge < -0.3 is 9.80 Å². The van der Waals surface area contributed by atoms with Gasteiger partial charge in [-0.3, -0.25) is 10.1 Å². The Bertz CT molecular complexity index is 1080. The first-order valence-electron chi connectivity index (χ1n) is 9.95. The Labute approximate surface area is 178 Å². The lowest BCUT2D eigenvalue weighted by molar-refractivity contribution is -0.107. The van der Waals surface area contributed by atoms with Gasteiger partial charge in [-0.15, -0.1) is 10.2 Å². The number of hydrogen-bond donors (Lipinski definition) is 1. The predicted molar refractivity (Wildman–Crippen MR) is 117 cm³/mol. The molecule has 5 rings (SSSR count). The normalized spacial score (nSPS) is 17.1. The number of carbonyl (C=O) groups excluding carboxylic acids is 2. The lowest BCUT2D eigenvalue weighted by Crippen LogP contribution is -2.48. The number of fused-ring (bicyclic) bond motifs is 2. The highest BCUT2D eigenvalue weighted by Crippen LogP contribution is 2.46. The fourth-order valence-corrected chi connectivity index (χ4v) is 5.21. The van der Waals surface area contributed by atoms with Crippen LogP contribution in [0.25, 0.3) is 10.6 Å². The van der Waals surface area contributed by atoms with Gasteiger partial charge in [0.15, 0.2) is 0 Å². The average molecular weight is 420 g/mol. The molecular formula is C22H21N5O2S. The van der Waals surface area contributed by atoms with E-state index in [2.05, 4.69) is 21.6 Å². The number of piperidine rings is 1. The molecule has 3 amide bonds. The first-order valence-corrected chi connectivity index (χ1v) is 10.8. The van der Waals surface area contributed by atoms with E-state index in [4.69, 9.17) is 0 Å². The fourth-order valence-electron chi connectivity index (χ4n) is 4.47. The van der Waals surface area contributed by atoms with Gasteiger partial charge >= 0.3 is 6.03 Å². The van der Waals surface area contributed by atoms with Crippen LogP contribution in [0.3, 0.4) is 0 Å². The SMILES string of the molecule is O=CN1CC2(CCN(C(=O)Nc3nnc(-c4ccccc4)s3)CC2)c2ccccc21. The van der Waals surface area contributed by atoms with Crippen molar-refractivity contribution in [3.05, 3.63) is 60.2 Å². The Morgan fingerprint density at radius 1 is 1.03 bits per heavy atom. The molecule has 1 spiro atoms. The highest BCUT2D eigenvalue weighted by Gasteiger charge is 2.45. The minimum absolute atomic E-state index is 0.0719. The Morgan fingerprint density at radius 3 is 2.53 bits per heavy atom. The lowest BCUT2D eigenvalue weighted by Gasteiger charge is -2.39. The molecule has 1 fully saturated rings. The molecule has 0 bridgehead atoms. The minimum Gasteiger partial charge on any atom is -0.324 e. The molecule has 1 N–H and O–H groups in total. The topological polar surface area (TPSA) is 78.4 Å². The van der Waals surface area contributed by atoms with Gasteiger partial charge in [0.1, 0.15) is 5.01 Å². The van der Waals surface area contributed by atoms with Crippen molar-refractivity contribution in [2.24, 2.45) is 0 Å². The molecule has 0 saturated carbocycles. The largest absolute Gasteiger partial charge is 0.324 e. The van der Waals surface area contributed by atoms with Crippen molar-refractivity contribution in [2.45, 2.75) is 18.3 Å². The van der Waals surface area contributed by atoms with E-state index in [-0.39, 0.29) is 11.4 Å².